The molecule has 2 N–H and O–H groups in total. The molecule has 2 aliphatic heterocycles. The standard InChI is InChI=1S/C55H83NO7S2/c1-4-6-7-8-9-10-11-12-13-14-15-16-17-24-38-65-51-41-49(56-63-52-27-20-23-37-59-52)47-39-42(25-18-21-34-57)46(26-19-22-35-58)53-48-40-44(61-43-28-31-45(64-3)32-29-43)30-33-50(48)62-55(51,54(47)53)60-36-5-2/h5,28-33,39-40,42,46,51-54,57-58H,2,4,6-27,34-38,41H2,1,3H3. The Morgan fingerprint density at radius 2 is 1.49 bits per heavy atom. The van der Waals surface area contributed by atoms with Crippen LogP contribution in [0.5, 0.6) is 17.2 Å². The minimum atomic E-state index is -0.972. The van der Waals surface area contributed by atoms with Crippen molar-refractivity contribution in [3.05, 3.63) is 72.3 Å². The number of rotatable bonds is 32. The summed E-state index contributed by atoms with van der Waals surface area (Å²) in [5, 5.41) is 24.9. The van der Waals surface area contributed by atoms with Gasteiger partial charge in [0.2, 0.25) is 12.1 Å². The number of benzene rings is 2. The van der Waals surface area contributed by atoms with Crippen LogP contribution < -0.4 is 9.47 Å². The molecule has 0 radical (unpaired) electrons. The molecule has 362 valence electrons. The number of unbranched alkanes of at least 4 members (excludes halogenated alkanes) is 15. The van der Waals surface area contributed by atoms with E-state index in [2.05, 4.69) is 50.1 Å². The predicted molar refractivity (Wildman–Crippen MR) is 271 cm³/mol. The first-order valence-electron chi connectivity index (χ1n) is 25.8. The number of ether oxygens (including phenoxy) is 4. The fourth-order valence-corrected chi connectivity index (χ4v) is 12.6. The van der Waals surface area contributed by atoms with Crippen molar-refractivity contribution in [2.45, 2.75) is 189 Å². The van der Waals surface area contributed by atoms with Crippen LogP contribution in [0.4, 0.5) is 0 Å². The van der Waals surface area contributed by atoms with E-state index in [1.54, 1.807) is 11.8 Å². The van der Waals surface area contributed by atoms with E-state index >= 15 is 0 Å². The van der Waals surface area contributed by atoms with Crippen LogP contribution in [0.3, 0.4) is 0 Å². The molecule has 7 atom stereocenters. The number of hydrogen-bond acceptors (Lipinski definition) is 10. The van der Waals surface area contributed by atoms with Crippen molar-refractivity contribution in [2.75, 3.05) is 38.4 Å². The molecule has 4 aliphatic rings. The Hall–Kier alpha value is -2.47. The van der Waals surface area contributed by atoms with Gasteiger partial charge in [-0.2, -0.15) is 11.8 Å². The molecule has 8 nitrogen and oxygen atoms in total. The minimum absolute atomic E-state index is 0.0180. The molecule has 0 bridgehead atoms. The molecule has 7 unspecified atom stereocenters. The smallest absolute Gasteiger partial charge is 0.230 e. The van der Waals surface area contributed by atoms with Crippen LogP contribution in [0.2, 0.25) is 0 Å². The number of thioether (sulfide) groups is 2. The average molecular weight is 934 g/mol. The van der Waals surface area contributed by atoms with E-state index in [-0.39, 0.29) is 48.4 Å². The number of oxime groups is 1. The molecule has 2 aromatic rings. The summed E-state index contributed by atoms with van der Waals surface area (Å²) in [6.07, 6.45) is 33.7. The lowest BCUT2D eigenvalue weighted by atomic mass is 9.56. The van der Waals surface area contributed by atoms with E-state index < -0.39 is 5.79 Å². The maximum atomic E-state index is 10.0. The van der Waals surface area contributed by atoms with Gasteiger partial charge in [-0.05, 0) is 117 Å². The Kier molecular flexibility index (Phi) is 23.0. The van der Waals surface area contributed by atoms with Crippen LogP contribution in [0.25, 0.3) is 0 Å². The maximum absolute atomic E-state index is 10.0. The number of fused-ring (bicyclic) bond motifs is 2. The monoisotopic (exact) mass is 934 g/mol. The SMILES string of the molecule is C=CCOC12Oc3ccc(Oc4ccc(SC)cc4)cc3C3C(CCCCO)C(CCCCO)C=C(C(=NOC4CCCCO4)CC1SCCCCCCCCCCCCCCCC)C32. The Labute approximate surface area is 401 Å². The largest absolute Gasteiger partial charge is 0.460 e. The van der Waals surface area contributed by atoms with Gasteiger partial charge in [0.25, 0.3) is 0 Å². The summed E-state index contributed by atoms with van der Waals surface area (Å²) < 4.78 is 27.3. The van der Waals surface area contributed by atoms with Gasteiger partial charge in [0.15, 0.2) is 0 Å². The third-order valence-corrected chi connectivity index (χ3v) is 16.3. The van der Waals surface area contributed by atoms with E-state index in [1.165, 1.54) is 88.4 Å². The van der Waals surface area contributed by atoms with E-state index in [4.69, 9.17) is 28.9 Å². The van der Waals surface area contributed by atoms with Crippen LogP contribution in [0.15, 0.2) is 76.8 Å². The van der Waals surface area contributed by atoms with Crippen molar-refractivity contribution in [1.82, 2.24) is 0 Å². The summed E-state index contributed by atoms with van der Waals surface area (Å²) >= 11 is 3.69. The van der Waals surface area contributed by atoms with Gasteiger partial charge in [-0.3, -0.25) is 0 Å². The topological polar surface area (TPSA) is 99.0 Å². The van der Waals surface area contributed by atoms with Crippen molar-refractivity contribution in [3.63, 3.8) is 0 Å². The molecule has 0 spiro atoms. The Morgan fingerprint density at radius 1 is 0.815 bits per heavy atom. The van der Waals surface area contributed by atoms with Gasteiger partial charge in [-0.15, -0.1) is 18.3 Å². The lowest BCUT2D eigenvalue weighted by Gasteiger charge is -2.58. The highest BCUT2D eigenvalue weighted by atomic mass is 32.2. The highest BCUT2D eigenvalue weighted by Gasteiger charge is 2.64. The van der Waals surface area contributed by atoms with Crippen molar-refractivity contribution >= 4 is 29.2 Å². The molecule has 65 heavy (non-hydrogen) atoms. The van der Waals surface area contributed by atoms with Crippen LogP contribution in [0.1, 0.15) is 173 Å². The Bertz CT molecular complexity index is 1730. The normalized spacial score (nSPS) is 25.4. The van der Waals surface area contributed by atoms with Crippen molar-refractivity contribution in [2.24, 2.45) is 22.9 Å². The van der Waals surface area contributed by atoms with E-state index in [1.807, 2.05) is 36.0 Å². The highest BCUT2D eigenvalue weighted by Crippen LogP contribution is 2.63. The quantitative estimate of drug-likeness (QED) is 0.0322. The van der Waals surface area contributed by atoms with Gasteiger partial charge < -0.3 is 34.0 Å². The molecule has 2 heterocycles. The molecular formula is C55H83NO7S2. The molecule has 10 heteroatoms. The fourth-order valence-electron chi connectivity index (χ4n) is 10.8. The number of aliphatic hydroxyl groups is 2. The minimum Gasteiger partial charge on any atom is -0.460 e. The molecule has 0 amide bonds. The average Bonchev–Trinajstić information content (AvgIpc) is 3.33. The van der Waals surface area contributed by atoms with E-state index in [0.29, 0.717) is 19.6 Å². The second-order valence-corrected chi connectivity index (χ2v) is 21.1. The third-order valence-electron chi connectivity index (χ3n) is 14.2. The summed E-state index contributed by atoms with van der Waals surface area (Å²) in [6, 6.07) is 14.6. The molecular weight excluding hydrogens is 851 g/mol. The number of allylic oxidation sites excluding steroid dienone is 1. The van der Waals surface area contributed by atoms with E-state index in [0.717, 1.165) is 104 Å². The van der Waals surface area contributed by atoms with Gasteiger partial charge in [-0.1, -0.05) is 121 Å². The number of hydrogen-bond donors (Lipinski definition) is 2. The van der Waals surface area contributed by atoms with Crippen molar-refractivity contribution in [1.29, 1.82) is 0 Å². The number of aliphatic hydroxyl groups excluding tert-OH is 2. The lowest BCUT2D eigenvalue weighted by Crippen LogP contribution is -2.64. The zero-order chi connectivity index (χ0) is 45.5. The lowest BCUT2D eigenvalue weighted by molar-refractivity contribution is -0.223. The Balaban J connectivity index is 1.28. The van der Waals surface area contributed by atoms with Crippen LogP contribution >= 0.6 is 23.5 Å². The first kappa shape index (κ1) is 51.9. The predicted octanol–water partition coefficient (Wildman–Crippen LogP) is 14.6. The molecule has 1 saturated heterocycles. The zero-order valence-electron chi connectivity index (χ0n) is 40.1. The summed E-state index contributed by atoms with van der Waals surface area (Å²) in [5.41, 5.74) is 3.26. The van der Waals surface area contributed by atoms with Crippen LogP contribution in [-0.2, 0) is 14.3 Å². The van der Waals surface area contributed by atoms with Crippen LogP contribution in [0, 0.1) is 17.8 Å². The molecule has 2 fully saturated rings. The summed E-state index contributed by atoms with van der Waals surface area (Å²) in [7, 11) is 0. The summed E-state index contributed by atoms with van der Waals surface area (Å²) in [5.74, 6) is 2.76. The van der Waals surface area contributed by atoms with E-state index in [9.17, 15) is 10.2 Å². The first-order valence-corrected chi connectivity index (χ1v) is 28.1. The number of nitrogens with zero attached hydrogens (tertiary/aromatic N) is 1. The van der Waals surface area contributed by atoms with Crippen LogP contribution in [-0.4, -0.2) is 71.7 Å². The molecule has 1 saturated carbocycles. The molecule has 2 aromatic carbocycles. The molecule has 6 rings (SSSR count). The second-order valence-electron chi connectivity index (χ2n) is 18.9. The second kappa shape index (κ2) is 28.8. The molecule has 0 aromatic heterocycles. The molecule has 2 aliphatic carbocycles. The summed E-state index contributed by atoms with van der Waals surface area (Å²) in [6.45, 7) is 7.82. The van der Waals surface area contributed by atoms with Gasteiger partial charge >= 0.3 is 0 Å². The van der Waals surface area contributed by atoms with Crippen molar-refractivity contribution in [3.8, 4) is 17.2 Å². The first-order chi connectivity index (χ1) is 32.0. The van der Waals surface area contributed by atoms with Gasteiger partial charge in [0.1, 0.15) is 17.2 Å². The van der Waals surface area contributed by atoms with Gasteiger partial charge in [0.05, 0.1) is 30.1 Å². The Morgan fingerprint density at radius 3 is 2.14 bits per heavy atom. The maximum Gasteiger partial charge on any atom is 0.230 e. The fraction of sp³-hybridized carbons (Fsp3) is 0.691. The van der Waals surface area contributed by atoms with Gasteiger partial charge in [-0.25, -0.2) is 0 Å². The van der Waals surface area contributed by atoms with Crippen molar-refractivity contribution < 1.29 is 34.0 Å². The summed E-state index contributed by atoms with van der Waals surface area (Å²) in [4.78, 5) is 7.53. The highest BCUT2D eigenvalue weighted by molar-refractivity contribution is 8.00. The van der Waals surface area contributed by atoms with Gasteiger partial charge in [0, 0.05) is 42.4 Å². The third kappa shape index (κ3) is 15.0. The zero-order valence-corrected chi connectivity index (χ0v) is 41.7.